The lowest BCUT2D eigenvalue weighted by Crippen LogP contribution is -2.44. The fourth-order valence-corrected chi connectivity index (χ4v) is 4.14. The van der Waals surface area contributed by atoms with Crippen molar-refractivity contribution in [1.29, 1.82) is 5.26 Å². The number of hydrogen-bond acceptors (Lipinski definition) is 5. The van der Waals surface area contributed by atoms with Crippen LogP contribution in [0.1, 0.15) is 45.7 Å². The molecule has 0 unspecified atom stereocenters. The molecule has 2 aromatic carbocycles. The molecule has 12 heteroatoms. The highest BCUT2D eigenvalue weighted by molar-refractivity contribution is 7.81. The van der Waals surface area contributed by atoms with Gasteiger partial charge in [-0.1, -0.05) is 0 Å². The number of alkyl halides is 3. The minimum atomic E-state index is -4.83. The first-order valence-corrected chi connectivity index (χ1v) is 11.0. The highest BCUT2D eigenvalue weighted by Gasteiger charge is 2.50. The molecule has 0 aromatic heterocycles. The summed E-state index contributed by atoms with van der Waals surface area (Å²) in [5, 5.41) is 11.1. The predicted octanol–water partition coefficient (Wildman–Crippen LogP) is 5.98. The maximum Gasteiger partial charge on any atom is 0.417 e. The number of benzene rings is 2. The van der Waals surface area contributed by atoms with Crippen LogP contribution in [0.5, 0.6) is 0 Å². The number of nitrogens with zero attached hydrogens (tertiary/aromatic N) is 3. The molecule has 190 valence electrons. The third kappa shape index (κ3) is 5.11. The molecule has 1 aliphatic heterocycles. The minimum absolute atomic E-state index is 0.137. The van der Waals surface area contributed by atoms with E-state index in [0.717, 1.165) is 17.0 Å². The maximum absolute atomic E-state index is 14.9. The van der Waals surface area contributed by atoms with Gasteiger partial charge < -0.3 is 9.64 Å². The normalized spacial score (nSPS) is 15.7. The summed E-state index contributed by atoms with van der Waals surface area (Å²) >= 11 is 5.43. The smallest absolute Gasteiger partial charge is 0.417 e. The largest absolute Gasteiger partial charge is 0.444 e. The fourth-order valence-electron chi connectivity index (χ4n) is 3.62. The number of halogens is 4. The third-order valence-electron chi connectivity index (χ3n) is 5.20. The Kier molecular flexibility index (Phi) is 6.76. The molecular weight excluding hydrogens is 500 g/mol. The molecule has 1 fully saturated rings. The lowest BCUT2D eigenvalue weighted by atomic mass is 10.0. The van der Waals surface area contributed by atoms with E-state index in [4.69, 9.17) is 22.2 Å². The van der Waals surface area contributed by atoms with Gasteiger partial charge in [-0.15, -0.1) is 0 Å². The molecule has 7 nitrogen and oxygen atoms in total. The van der Waals surface area contributed by atoms with Crippen molar-refractivity contribution in [3.63, 3.8) is 0 Å². The molecule has 1 heterocycles. The number of ether oxygens (including phenoxy) is 1. The van der Waals surface area contributed by atoms with Crippen LogP contribution in [0, 0.1) is 17.1 Å². The highest BCUT2D eigenvalue weighted by atomic mass is 32.1. The SMILES string of the molecule is CC(C)(C)OC(=O)Nc1ccc(N2C(=S)N(c3ccc(C#N)c(C(F)(F)F)c3)C(=O)C2(C)C)cc1F. The van der Waals surface area contributed by atoms with Crippen LogP contribution >= 0.6 is 12.2 Å². The van der Waals surface area contributed by atoms with Gasteiger partial charge in [0.05, 0.1) is 28.6 Å². The fraction of sp³-hybridized carbons (Fsp3) is 0.333. The van der Waals surface area contributed by atoms with Gasteiger partial charge in [-0.25, -0.2) is 9.18 Å². The topological polar surface area (TPSA) is 85.7 Å². The number of anilines is 3. The van der Waals surface area contributed by atoms with E-state index < -0.39 is 46.3 Å². The summed E-state index contributed by atoms with van der Waals surface area (Å²) in [6, 6.07) is 8.00. The molecule has 0 radical (unpaired) electrons. The van der Waals surface area contributed by atoms with Crippen molar-refractivity contribution in [2.75, 3.05) is 15.1 Å². The Balaban J connectivity index is 1.98. The molecule has 0 atom stereocenters. The van der Waals surface area contributed by atoms with Crippen LogP contribution in [-0.4, -0.2) is 28.3 Å². The van der Waals surface area contributed by atoms with Gasteiger partial charge in [0, 0.05) is 5.69 Å². The quantitative estimate of drug-likeness (QED) is 0.394. The molecule has 3 rings (SSSR count). The van der Waals surface area contributed by atoms with Crippen molar-refractivity contribution in [1.82, 2.24) is 0 Å². The van der Waals surface area contributed by atoms with Crippen LogP contribution < -0.4 is 15.1 Å². The van der Waals surface area contributed by atoms with E-state index in [1.807, 2.05) is 0 Å². The summed E-state index contributed by atoms with van der Waals surface area (Å²) in [4.78, 5) is 27.4. The zero-order chi connectivity index (χ0) is 27.2. The van der Waals surface area contributed by atoms with E-state index in [0.29, 0.717) is 6.07 Å². The Morgan fingerprint density at radius 3 is 2.25 bits per heavy atom. The first-order chi connectivity index (χ1) is 16.5. The number of amides is 2. The predicted molar refractivity (Wildman–Crippen MR) is 129 cm³/mol. The van der Waals surface area contributed by atoms with Gasteiger partial charge >= 0.3 is 12.3 Å². The van der Waals surface area contributed by atoms with Gasteiger partial charge in [0.25, 0.3) is 5.91 Å². The van der Waals surface area contributed by atoms with Crippen LogP contribution in [-0.2, 0) is 15.7 Å². The Morgan fingerprint density at radius 1 is 1.11 bits per heavy atom. The molecule has 1 saturated heterocycles. The Morgan fingerprint density at radius 2 is 1.72 bits per heavy atom. The number of nitriles is 1. The van der Waals surface area contributed by atoms with Crippen LogP contribution in [0.4, 0.5) is 39.4 Å². The monoisotopic (exact) mass is 522 g/mol. The molecule has 36 heavy (non-hydrogen) atoms. The maximum atomic E-state index is 14.9. The number of carbonyl (C=O) groups excluding carboxylic acids is 2. The summed E-state index contributed by atoms with van der Waals surface area (Å²) in [7, 11) is 0. The summed E-state index contributed by atoms with van der Waals surface area (Å²) in [5.74, 6) is -1.50. The Bertz CT molecular complexity index is 1300. The van der Waals surface area contributed by atoms with E-state index in [1.165, 1.54) is 43.0 Å². The van der Waals surface area contributed by atoms with Crippen LogP contribution in [0.3, 0.4) is 0 Å². The van der Waals surface area contributed by atoms with Crippen LogP contribution in [0.25, 0.3) is 0 Å². The first-order valence-electron chi connectivity index (χ1n) is 10.6. The molecule has 2 amide bonds. The van der Waals surface area contributed by atoms with Crippen LogP contribution in [0.15, 0.2) is 36.4 Å². The van der Waals surface area contributed by atoms with Crippen molar-refractivity contribution in [2.24, 2.45) is 0 Å². The number of rotatable bonds is 3. The van der Waals surface area contributed by atoms with E-state index in [2.05, 4.69) is 5.32 Å². The second kappa shape index (κ2) is 9.05. The molecule has 1 aliphatic rings. The lowest BCUT2D eigenvalue weighted by Gasteiger charge is -2.29. The van der Waals surface area contributed by atoms with Crippen molar-refractivity contribution in [2.45, 2.75) is 51.9 Å². The standard InChI is InChI=1S/C24H22F4N4O3S/c1-22(2,3)35-20(34)30-18-9-8-15(11-17(18)25)32-21(36)31(19(33)23(32,4)5)14-7-6-13(12-29)16(10-14)24(26,27)28/h6-11H,1-5H3,(H,30,34). The molecule has 0 spiro atoms. The first kappa shape index (κ1) is 26.9. The zero-order valence-electron chi connectivity index (χ0n) is 20.0. The molecule has 0 bridgehead atoms. The number of thiocarbonyl (C=S) groups is 1. The second-order valence-corrected chi connectivity index (χ2v) is 9.81. The van der Waals surface area contributed by atoms with Crippen molar-refractivity contribution < 1.29 is 31.9 Å². The number of nitrogens with one attached hydrogen (secondary N) is 1. The van der Waals surface area contributed by atoms with Gasteiger partial charge in [0.15, 0.2) is 5.11 Å². The van der Waals surface area contributed by atoms with E-state index >= 15 is 0 Å². The molecule has 2 aromatic rings. The Hall–Kier alpha value is -3.72. The van der Waals surface area contributed by atoms with Crippen molar-refractivity contribution in [3.05, 3.63) is 53.3 Å². The van der Waals surface area contributed by atoms with E-state index in [-0.39, 0.29) is 22.2 Å². The molecule has 0 saturated carbocycles. The minimum Gasteiger partial charge on any atom is -0.444 e. The summed E-state index contributed by atoms with van der Waals surface area (Å²) in [5.41, 5.74) is -4.23. The van der Waals surface area contributed by atoms with Gasteiger partial charge in [0.1, 0.15) is 17.0 Å². The van der Waals surface area contributed by atoms with Crippen molar-refractivity contribution >= 4 is 46.4 Å². The zero-order valence-corrected chi connectivity index (χ0v) is 20.8. The summed E-state index contributed by atoms with van der Waals surface area (Å²) < 4.78 is 60.4. The van der Waals surface area contributed by atoms with E-state index in [9.17, 15) is 27.2 Å². The molecule has 0 aliphatic carbocycles. The number of hydrogen-bond donors (Lipinski definition) is 1. The van der Waals surface area contributed by atoms with Gasteiger partial charge in [-0.2, -0.15) is 18.4 Å². The Labute approximate surface area is 210 Å². The molecule has 1 N–H and O–H groups in total. The average Bonchev–Trinajstić information content (AvgIpc) is 2.91. The molecular formula is C24H22F4N4O3S. The summed E-state index contributed by atoms with van der Waals surface area (Å²) in [6.45, 7) is 7.92. The highest BCUT2D eigenvalue weighted by Crippen LogP contribution is 2.40. The van der Waals surface area contributed by atoms with Crippen molar-refractivity contribution in [3.8, 4) is 6.07 Å². The van der Waals surface area contributed by atoms with E-state index in [1.54, 1.807) is 20.8 Å². The summed E-state index contributed by atoms with van der Waals surface area (Å²) in [6.07, 6.45) is -5.70. The van der Waals surface area contributed by atoms with Gasteiger partial charge in [0.2, 0.25) is 0 Å². The van der Waals surface area contributed by atoms with Crippen LogP contribution in [0.2, 0.25) is 0 Å². The number of carbonyl (C=O) groups is 2. The van der Waals surface area contributed by atoms with Gasteiger partial charge in [-0.3, -0.25) is 15.0 Å². The average molecular weight is 523 g/mol. The second-order valence-electron chi connectivity index (χ2n) is 9.45. The third-order valence-corrected chi connectivity index (χ3v) is 5.57. The lowest BCUT2D eigenvalue weighted by molar-refractivity contribution is -0.137. The van der Waals surface area contributed by atoms with Gasteiger partial charge in [-0.05, 0) is 83.2 Å².